The van der Waals surface area contributed by atoms with E-state index in [1.54, 1.807) is 54.6 Å². The third-order valence-electron chi connectivity index (χ3n) is 6.07. The Kier molecular flexibility index (Phi) is 17.2. The van der Waals surface area contributed by atoms with Crippen LogP contribution >= 0.6 is 39.1 Å². The highest BCUT2D eigenvalue weighted by Gasteiger charge is 2.33. The number of aryl methyl sites for hydroxylation is 2. The number of benzene rings is 4. The number of carboxylic acids is 2. The highest BCUT2D eigenvalue weighted by molar-refractivity contribution is 9.08. The van der Waals surface area contributed by atoms with Gasteiger partial charge in [-0.25, -0.2) is 0 Å². The molecule has 0 aliphatic heterocycles. The van der Waals surface area contributed by atoms with Crippen LogP contribution in [-0.4, -0.2) is 40.0 Å². The molecule has 0 aliphatic rings. The first-order valence-electron chi connectivity index (χ1n) is 14.4. The van der Waals surface area contributed by atoms with Crippen LogP contribution in [0, 0.1) is 0 Å². The number of hydrogen-bond acceptors (Lipinski definition) is 6. The van der Waals surface area contributed by atoms with Gasteiger partial charge < -0.3 is 29.5 Å². The highest BCUT2D eigenvalue weighted by atomic mass is 79.9. The Hall–Kier alpha value is -4.34. The maximum absolute atomic E-state index is 12.3. The molecule has 0 unspecified atom stereocenters. The molecule has 0 radical (unpaired) electrons. The van der Waals surface area contributed by atoms with Gasteiger partial charge in [0.1, 0.15) is 29.6 Å². The van der Waals surface area contributed by atoms with Crippen LogP contribution in [0.25, 0.3) is 0 Å². The van der Waals surface area contributed by atoms with Gasteiger partial charge in [-0.2, -0.15) is 0 Å². The Balaban J connectivity index is 0.000000292. The molecule has 0 atom stereocenters. The summed E-state index contributed by atoms with van der Waals surface area (Å²) in [5, 5.41) is 26.3. The standard InChI is InChI=1S/C17H14ClF3O4.C9H10O3.C8H5BrClF3O/c18-14-6-4-12(9-15(14)25-17(19,20)21)10-24-13-3-1-2-11(8-13)5-7-16(22)23;10-8-3-1-2-7(6-8)4-5-9(11)12;9-4-5-1-2-6(10)7(3-5)14-8(11,12)13/h1-4,6,8-9H,5,7,10H2,(H,22,23);1-3,6,10H,4-5H2,(H,11,12);1-3H,4H2. The van der Waals surface area contributed by atoms with E-state index in [4.69, 9.17) is 43.3 Å². The van der Waals surface area contributed by atoms with Gasteiger partial charge in [0, 0.05) is 18.2 Å². The van der Waals surface area contributed by atoms with Crippen LogP contribution in [0.15, 0.2) is 84.9 Å². The van der Waals surface area contributed by atoms with Crippen molar-refractivity contribution in [1.29, 1.82) is 0 Å². The van der Waals surface area contributed by atoms with Crippen molar-refractivity contribution in [3.05, 3.63) is 117 Å². The summed E-state index contributed by atoms with van der Waals surface area (Å²) >= 11 is 14.3. The van der Waals surface area contributed by atoms with E-state index in [9.17, 15) is 35.9 Å². The lowest BCUT2D eigenvalue weighted by molar-refractivity contribution is -0.275. The normalized spacial score (nSPS) is 10.9. The third kappa shape index (κ3) is 18.5. The molecule has 4 rings (SSSR count). The van der Waals surface area contributed by atoms with Gasteiger partial charge in [0.25, 0.3) is 0 Å². The first-order chi connectivity index (χ1) is 23.8. The Labute approximate surface area is 306 Å². The Morgan fingerprint density at radius 2 is 1.12 bits per heavy atom. The Bertz CT molecular complexity index is 1740. The minimum atomic E-state index is -4.83. The van der Waals surface area contributed by atoms with E-state index in [2.05, 4.69) is 25.4 Å². The third-order valence-corrected chi connectivity index (χ3v) is 7.34. The number of phenolic OH excluding ortho intramolecular Hbond substituents is 1. The topological polar surface area (TPSA) is 123 Å². The van der Waals surface area contributed by atoms with E-state index >= 15 is 0 Å². The second-order valence-corrected chi connectivity index (χ2v) is 11.5. The fourth-order valence-electron chi connectivity index (χ4n) is 3.85. The van der Waals surface area contributed by atoms with E-state index in [-0.39, 0.29) is 41.0 Å². The van der Waals surface area contributed by atoms with Crippen LogP contribution in [0.2, 0.25) is 10.0 Å². The molecule has 3 N–H and O–H groups in total. The average Bonchev–Trinajstić information content (AvgIpc) is 3.04. The van der Waals surface area contributed by atoms with E-state index in [1.165, 1.54) is 24.3 Å². The molecular weight excluding hydrogens is 801 g/mol. The fraction of sp³-hybridized carbons (Fsp3) is 0.235. The molecule has 276 valence electrons. The molecule has 0 saturated carbocycles. The Morgan fingerprint density at radius 1 is 0.647 bits per heavy atom. The number of hydrogen-bond donors (Lipinski definition) is 3. The molecule has 0 heterocycles. The van der Waals surface area contributed by atoms with Gasteiger partial charge in [-0.1, -0.05) is 75.5 Å². The van der Waals surface area contributed by atoms with Crippen molar-refractivity contribution >= 4 is 51.1 Å². The molecule has 0 aliphatic carbocycles. The van der Waals surface area contributed by atoms with Gasteiger partial charge in [-0.05, 0) is 83.6 Å². The molecule has 8 nitrogen and oxygen atoms in total. The summed E-state index contributed by atoms with van der Waals surface area (Å²) in [6.45, 7) is 0.00771. The summed E-state index contributed by atoms with van der Waals surface area (Å²) in [6.07, 6.45) is -8.63. The second kappa shape index (κ2) is 20.5. The summed E-state index contributed by atoms with van der Waals surface area (Å²) in [4.78, 5) is 20.8. The zero-order valence-electron chi connectivity index (χ0n) is 26.1. The van der Waals surface area contributed by atoms with Crippen molar-refractivity contribution in [2.24, 2.45) is 0 Å². The van der Waals surface area contributed by atoms with Crippen molar-refractivity contribution in [2.45, 2.75) is 50.3 Å². The number of aliphatic carboxylic acids is 2. The molecule has 4 aromatic rings. The van der Waals surface area contributed by atoms with Gasteiger partial charge >= 0.3 is 24.7 Å². The molecule has 4 aromatic carbocycles. The van der Waals surface area contributed by atoms with Gasteiger partial charge in [0.2, 0.25) is 0 Å². The molecule has 17 heteroatoms. The second-order valence-electron chi connectivity index (χ2n) is 10.2. The zero-order valence-corrected chi connectivity index (χ0v) is 29.2. The largest absolute Gasteiger partial charge is 0.573 e. The number of carbonyl (C=O) groups is 2. The molecule has 0 aromatic heterocycles. The number of ether oxygens (including phenoxy) is 3. The van der Waals surface area contributed by atoms with Crippen molar-refractivity contribution in [3.8, 4) is 23.0 Å². The van der Waals surface area contributed by atoms with Crippen molar-refractivity contribution in [3.63, 3.8) is 0 Å². The lowest BCUT2D eigenvalue weighted by Gasteiger charge is -2.12. The summed E-state index contributed by atoms with van der Waals surface area (Å²) in [5.74, 6) is -1.93. The molecule has 0 bridgehead atoms. The molecule has 0 amide bonds. The van der Waals surface area contributed by atoms with Crippen molar-refractivity contribution < 1.29 is 65.5 Å². The first-order valence-corrected chi connectivity index (χ1v) is 16.3. The predicted molar refractivity (Wildman–Crippen MR) is 180 cm³/mol. The van der Waals surface area contributed by atoms with E-state index in [0.29, 0.717) is 35.0 Å². The molecule has 51 heavy (non-hydrogen) atoms. The molecule has 0 spiro atoms. The van der Waals surface area contributed by atoms with Gasteiger partial charge in [-0.3, -0.25) is 9.59 Å². The number of carboxylic acid groups (broad SMARTS) is 2. The molecule has 0 saturated heterocycles. The lowest BCUT2D eigenvalue weighted by atomic mass is 10.1. The summed E-state index contributed by atoms with van der Waals surface area (Å²) in [6, 6.07) is 21.7. The van der Waals surface area contributed by atoms with Crippen LogP contribution in [0.3, 0.4) is 0 Å². The number of phenols is 1. The zero-order chi connectivity index (χ0) is 38.2. The number of aromatic hydroxyl groups is 1. The van der Waals surface area contributed by atoms with Crippen molar-refractivity contribution in [2.75, 3.05) is 0 Å². The van der Waals surface area contributed by atoms with Crippen LogP contribution in [0.4, 0.5) is 26.3 Å². The van der Waals surface area contributed by atoms with E-state index < -0.39 is 30.4 Å². The van der Waals surface area contributed by atoms with Crippen LogP contribution in [0.1, 0.15) is 35.1 Å². The first kappa shape index (κ1) is 42.8. The summed E-state index contributed by atoms with van der Waals surface area (Å²) in [5.41, 5.74) is 2.74. The molecular formula is C34H29BrCl2F6O8. The van der Waals surface area contributed by atoms with Gasteiger partial charge in [-0.15, -0.1) is 26.3 Å². The lowest BCUT2D eigenvalue weighted by Crippen LogP contribution is -2.17. The van der Waals surface area contributed by atoms with E-state index in [1.807, 2.05) is 0 Å². The van der Waals surface area contributed by atoms with Crippen LogP contribution in [-0.2, 0) is 34.4 Å². The predicted octanol–water partition coefficient (Wildman–Crippen LogP) is 10.4. The number of rotatable bonds is 12. The highest BCUT2D eigenvalue weighted by Crippen LogP contribution is 2.32. The van der Waals surface area contributed by atoms with Gasteiger partial charge in [0.05, 0.1) is 10.0 Å². The average molecular weight is 830 g/mol. The fourth-order valence-corrected chi connectivity index (χ4v) is 4.51. The number of alkyl halides is 7. The smallest absolute Gasteiger partial charge is 0.508 e. The maximum atomic E-state index is 12.3. The van der Waals surface area contributed by atoms with Gasteiger partial charge in [0.15, 0.2) is 0 Å². The SMILES string of the molecule is FC(F)(F)Oc1cc(CBr)ccc1Cl.O=C(O)CCc1cccc(O)c1.O=C(O)CCc1cccc(OCc2ccc(Cl)c(OC(F)(F)F)c2)c1. The molecule has 0 fully saturated rings. The van der Waals surface area contributed by atoms with Crippen LogP contribution < -0.4 is 14.2 Å². The minimum absolute atomic E-state index is 0.00121. The summed E-state index contributed by atoms with van der Waals surface area (Å²) in [7, 11) is 0. The number of halogens is 9. The minimum Gasteiger partial charge on any atom is -0.508 e. The monoisotopic (exact) mass is 828 g/mol. The van der Waals surface area contributed by atoms with Crippen molar-refractivity contribution in [1.82, 2.24) is 0 Å². The van der Waals surface area contributed by atoms with E-state index in [0.717, 1.165) is 17.2 Å². The summed E-state index contributed by atoms with van der Waals surface area (Å²) < 4.78 is 85.7. The quantitative estimate of drug-likeness (QED) is 0.0953. The Morgan fingerprint density at radius 3 is 1.59 bits per heavy atom. The van der Waals surface area contributed by atoms with Crippen LogP contribution in [0.5, 0.6) is 23.0 Å². The maximum Gasteiger partial charge on any atom is 0.573 e.